The second kappa shape index (κ2) is 10.7. The number of hydrogen-bond acceptors (Lipinski definition) is 2. The fourth-order valence-corrected chi connectivity index (χ4v) is 2.12. The zero-order valence-corrected chi connectivity index (χ0v) is 15.2. The summed E-state index contributed by atoms with van der Waals surface area (Å²) < 4.78 is 0. The molecule has 1 aliphatic rings. The first-order chi connectivity index (χ1) is 8.65. The van der Waals surface area contributed by atoms with Crippen LogP contribution in [-0.4, -0.2) is 50.1 Å². The molecule has 0 saturated carbocycles. The number of guanidine groups is 1. The van der Waals surface area contributed by atoms with Crippen LogP contribution in [0.4, 0.5) is 0 Å². The summed E-state index contributed by atoms with van der Waals surface area (Å²) in [5.41, 5.74) is 0. The molecule has 0 radical (unpaired) electrons. The molecular weight excluding hydrogens is 351 g/mol. The molecule has 1 unspecified atom stereocenters. The van der Waals surface area contributed by atoms with Crippen LogP contribution in [0, 0.1) is 5.92 Å². The molecule has 4 nitrogen and oxygen atoms in total. The summed E-state index contributed by atoms with van der Waals surface area (Å²) in [6, 6.07) is 0.486. The summed E-state index contributed by atoms with van der Waals surface area (Å²) in [6.07, 6.45) is 3.68. The lowest BCUT2D eigenvalue weighted by atomic mass is 9.97. The average Bonchev–Trinajstić information content (AvgIpc) is 2.38. The van der Waals surface area contributed by atoms with Gasteiger partial charge < -0.3 is 15.5 Å². The Hall–Kier alpha value is -0.0400. The fourth-order valence-electron chi connectivity index (χ4n) is 2.12. The van der Waals surface area contributed by atoms with Crippen LogP contribution in [0.25, 0.3) is 0 Å². The minimum atomic E-state index is 0. The molecule has 0 aromatic rings. The highest BCUT2D eigenvalue weighted by molar-refractivity contribution is 14.0. The Kier molecular flexibility index (Phi) is 10.7. The van der Waals surface area contributed by atoms with E-state index in [9.17, 15) is 0 Å². The number of likely N-dealkylation sites (tertiary alicyclic amines) is 1. The Morgan fingerprint density at radius 1 is 1.32 bits per heavy atom. The van der Waals surface area contributed by atoms with Gasteiger partial charge in [0.15, 0.2) is 5.96 Å². The first-order valence-electron chi connectivity index (χ1n) is 7.39. The Morgan fingerprint density at radius 3 is 2.47 bits per heavy atom. The second-order valence-corrected chi connectivity index (χ2v) is 5.42. The topological polar surface area (TPSA) is 39.7 Å². The van der Waals surface area contributed by atoms with Gasteiger partial charge in [-0.3, -0.25) is 4.99 Å². The van der Waals surface area contributed by atoms with Crippen molar-refractivity contribution >= 4 is 29.9 Å². The lowest BCUT2D eigenvalue weighted by Crippen LogP contribution is -2.42. The average molecular weight is 382 g/mol. The highest BCUT2D eigenvalue weighted by Gasteiger charge is 2.16. The Morgan fingerprint density at radius 2 is 1.95 bits per heavy atom. The van der Waals surface area contributed by atoms with Crippen molar-refractivity contribution in [2.45, 2.75) is 46.1 Å². The van der Waals surface area contributed by atoms with E-state index in [1.807, 2.05) is 0 Å². The van der Waals surface area contributed by atoms with Crippen LogP contribution in [0.1, 0.15) is 40.0 Å². The molecule has 0 amide bonds. The van der Waals surface area contributed by atoms with Crippen molar-refractivity contribution in [2.24, 2.45) is 10.9 Å². The van der Waals surface area contributed by atoms with Gasteiger partial charge in [0.2, 0.25) is 0 Å². The first kappa shape index (κ1) is 19.0. The molecule has 1 rings (SSSR count). The van der Waals surface area contributed by atoms with Gasteiger partial charge in [0.05, 0.1) is 0 Å². The maximum Gasteiger partial charge on any atom is 0.191 e. The van der Waals surface area contributed by atoms with E-state index in [1.54, 1.807) is 0 Å². The highest BCUT2D eigenvalue weighted by atomic mass is 127. The molecule has 2 N–H and O–H groups in total. The SMILES string of the molecule is CCNC(=NCC1CCN(C)CC1)NC(C)CC.I. The van der Waals surface area contributed by atoms with E-state index in [2.05, 4.69) is 43.4 Å². The van der Waals surface area contributed by atoms with Crippen molar-refractivity contribution in [3.63, 3.8) is 0 Å². The van der Waals surface area contributed by atoms with E-state index >= 15 is 0 Å². The van der Waals surface area contributed by atoms with Gasteiger partial charge in [-0.15, -0.1) is 24.0 Å². The minimum Gasteiger partial charge on any atom is -0.357 e. The maximum atomic E-state index is 4.73. The van der Waals surface area contributed by atoms with Gasteiger partial charge in [-0.2, -0.15) is 0 Å². The first-order valence-corrected chi connectivity index (χ1v) is 7.39. The summed E-state index contributed by atoms with van der Waals surface area (Å²) in [5, 5.41) is 6.77. The summed E-state index contributed by atoms with van der Waals surface area (Å²) in [6.45, 7) is 10.8. The van der Waals surface area contributed by atoms with Crippen molar-refractivity contribution in [2.75, 3.05) is 33.2 Å². The lowest BCUT2D eigenvalue weighted by Gasteiger charge is -2.28. The van der Waals surface area contributed by atoms with Crippen LogP contribution < -0.4 is 10.6 Å². The van der Waals surface area contributed by atoms with Gasteiger partial charge in [-0.25, -0.2) is 0 Å². The van der Waals surface area contributed by atoms with Gasteiger partial charge >= 0.3 is 0 Å². The molecule has 0 spiro atoms. The molecule has 0 aliphatic carbocycles. The molecule has 5 heteroatoms. The molecule has 114 valence electrons. The molecule has 19 heavy (non-hydrogen) atoms. The smallest absolute Gasteiger partial charge is 0.191 e. The molecule has 0 aromatic carbocycles. The van der Waals surface area contributed by atoms with Crippen molar-refractivity contribution in [3.05, 3.63) is 0 Å². The highest BCUT2D eigenvalue weighted by Crippen LogP contribution is 2.15. The third-order valence-corrected chi connectivity index (χ3v) is 3.69. The van der Waals surface area contributed by atoms with E-state index in [4.69, 9.17) is 4.99 Å². The molecule has 1 fully saturated rings. The molecule has 1 atom stereocenters. The minimum absolute atomic E-state index is 0. The van der Waals surface area contributed by atoms with Crippen LogP contribution in [0.15, 0.2) is 4.99 Å². The van der Waals surface area contributed by atoms with Crippen molar-refractivity contribution in [1.29, 1.82) is 0 Å². The van der Waals surface area contributed by atoms with Gasteiger partial charge in [0.1, 0.15) is 0 Å². The quantitative estimate of drug-likeness (QED) is 0.436. The number of piperidine rings is 1. The molecule has 1 aliphatic heterocycles. The van der Waals surface area contributed by atoms with Gasteiger partial charge in [0, 0.05) is 19.1 Å². The standard InChI is InChI=1S/C14H30N4.HI/c1-5-12(3)17-14(15-6-2)16-11-13-7-9-18(4)10-8-13;/h12-13H,5-11H2,1-4H3,(H2,15,16,17);1H. The van der Waals surface area contributed by atoms with Crippen LogP contribution in [0.2, 0.25) is 0 Å². The number of nitrogens with zero attached hydrogens (tertiary/aromatic N) is 2. The lowest BCUT2D eigenvalue weighted by molar-refractivity contribution is 0.223. The van der Waals surface area contributed by atoms with Crippen molar-refractivity contribution in [1.82, 2.24) is 15.5 Å². The summed E-state index contributed by atoms with van der Waals surface area (Å²) >= 11 is 0. The zero-order chi connectivity index (χ0) is 13.4. The zero-order valence-electron chi connectivity index (χ0n) is 12.9. The van der Waals surface area contributed by atoms with Crippen molar-refractivity contribution < 1.29 is 0 Å². The monoisotopic (exact) mass is 382 g/mol. The van der Waals surface area contributed by atoms with Crippen LogP contribution in [-0.2, 0) is 0 Å². The summed E-state index contributed by atoms with van der Waals surface area (Å²) in [5.74, 6) is 1.74. The number of halogens is 1. The summed E-state index contributed by atoms with van der Waals surface area (Å²) in [7, 11) is 2.20. The van der Waals surface area contributed by atoms with Crippen LogP contribution in [0.3, 0.4) is 0 Å². The van der Waals surface area contributed by atoms with Crippen LogP contribution in [0.5, 0.6) is 0 Å². The predicted molar refractivity (Wildman–Crippen MR) is 94.5 cm³/mol. The van der Waals surface area contributed by atoms with E-state index in [-0.39, 0.29) is 24.0 Å². The Bertz CT molecular complexity index is 250. The summed E-state index contributed by atoms with van der Waals surface area (Å²) in [4.78, 5) is 7.13. The number of nitrogens with one attached hydrogen (secondary N) is 2. The number of hydrogen-bond donors (Lipinski definition) is 2. The molecule has 1 heterocycles. The van der Waals surface area contributed by atoms with Crippen molar-refractivity contribution in [3.8, 4) is 0 Å². The normalized spacial score (nSPS) is 19.7. The van der Waals surface area contributed by atoms with E-state index < -0.39 is 0 Å². The van der Waals surface area contributed by atoms with Gasteiger partial charge in [-0.05, 0) is 59.2 Å². The Labute approximate surface area is 135 Å². The Balaban J connectivity index is 0.00000324. The number of aliphatic imine (C=N–C) groups is 1. The van der Waals surface area contributed by atoms with E-state index in [1.165, 1.54) is 25.9 Å². The molecular formula is C14H31IN4. The molecule has 1 saturated heterocycles. The fraction of sp³-hybridized carbons (Fsp3) is 0.929. The molecule has 0 bridgehead atoms. The predicted octanol–water partition coefficient (Wildman–Crippen LogP) is 2.30. The van der Waals surface area contributed by atoms with Gasteiger partial charge in [-0.1, -0.05) is 6.92 Å². The van der Waals surface area contributed by atoms with E-state index in [0.29, 0.717) is 6.04 Å². The second-order valence-electron chi connectivity index (χ2n) is 5.42. The van der Waals surface area contributed by atoms with Crippen LogP contribution >= 0.6 is 24.0 Å². The number of rotatable bonds is 5. The largest absolute Gasteiger partial charge is 0.357 e. The maximum absolute atomic E-state index is 4.73. The molecule has 0 aromatic heterocycles. The van der Waals surface area contributed by atoms with E-state index in [0.717, 1.165) is 31.4 Å². The third kappa shape index (κ3) is 7.97. The van der Waals surface area contributed by atoms with Gasteiger partial charge in [0.25, 0.3) is 0 Å². The third-order valence-electron chi connectivity index (χ3n) is 3.69.